The maximum absolute atomic E-state index is 9.15. The van der Waals surface area contributed by atoms with E-state index in [9.17, 15) is 0 Å². The van der Waals surface area contributed by atoms with Crippen molar-refractivity contribution >= 4 is 0 Å². The summed E-state index contributed by atoms with van der Waals surface area (Å²) in [7, 11) is 1.36. The lowest BCUT2D eigenvalue weighted by Gasteiger charge is -2.34. The fraction of sp³-hybridized carbons (Fsp3) is 1.00. The summed E-state index contributed by atoms with van der Waals surface area (Å²) in [6.07, 6.45) is -4.08. The molecule has 1 rings (SSSR count). The van der Waals surface area contributed by atoms with Gasteiger partial charge in [0, 0.05) is 7.11 Å². The van der Waals surface area contributed by atoms with Gasteiger partial charge in [0.2, 0.25) is 0 Å². The maximum Gasteiger partial charge on any atom is 0.183 e. The zero-order valence-corrected chi connectivity index (χ0v) is 6.17. The Morgan fingerprint density at radius 3 is 2.45 bits per heavy atom. The Bertz CT molecular complexity index is 128. The van der Waals surface area contributed by atoms with E-state index in [1.807, 2.05) is 0 Å². The SMILES string of the molecule is CO[C@H]1[C@H](O)COC(O)[C@@H]1O. The van der Waals surface area contributed by atoms with Crippen LogP contribution in [0.15, 0.2) is 0 Å². The molecule has 0 amide bonds. The Hall–Kier alpha value is -0.200. The maximum atomic E-state index is 9.15. The highest BCUT2D eigenvalue weighted by atomic mass is 16.6. The lowest BCUT2D eigenvalue weighted by Crippen LogP contribution is -2.53. The Morgan fingerprint density at radius 2 is 2.00 bits per heavy atom. The molecule has 0 saturated carbocycles. The highest BCUT2D eigenvalue weighted by Crippen LogP contribution is 2.15. The summed E-state index contributed by atoms with van der Waals surface area (Å²) in [5, 5.41) is 27.2. The lowest BCUT2D eigenvalue weighted by molar-refractivity contribution is -0.257. The molecule has 11 heavy (non-hydrogen) atoms. The number of rotatable bonds is 1. The summed E-state index contributed by atoms with van der Waals surface area (Å²) in [5.74, 6) is 0. The average molecular weight is 164 g/mol. The molecule has 5 heteroatoms. The second-order valence-corrected chi connectivity index (χ2v) is 2.48. The van der Waals surface area contributed by atoms with Crippen molar-refractivity contribution in [2.24, 2.45) is 0 Å². The Balaban J connectivity index is 2.55. The van der Waals surface area contributed by atoms with Crippen LogP contribution in [0.1, 0.15) is 0 Å². The van der Waals surface area contributed by atoms with Crippen LogP contribution in [0, 0.1) is 0 Å². The Morgan fingerprint density at radius 1 is 1.36 bits per heavy atom. The summed E-state index contributed by atoms with van der Waals surface area (Å²) >= 11 is 0. The molecule has 1 fully saturated rings. The van der Waals surface area contributed by atoms with E-state index in [4.69, 9.17) is 20.1 Å². The summed E-state index contributed by atoms with van der Waals surface area (Å²) in [6, 6.07) is 0. The molecule has 0 aliphatic carbocycles. The molecule has 0 aromatic carbocycles. The molecule has 0 radical (unpaired) electrons. The van der Waals surface area contributed by atoms with Gasteiger partial charge in [0.05, 0.1) is 6.61 Å². The van der Waals surface area contributed by atoms with Crippen LogP contribution in [-0.4, -0.2) is 53.6 Å². The van der Waals surface area contributed by atoms with Crippen molar-refractivity contribution in [1.82, 2.24) is 0 Å². The second kappa shape index (κ2) is 3.46. The molecule has 0 bridgehead atoms. The highest BCUT2D eigenvalue weighted by Gasteiger charge is 2.37. The van der Waals surface area contributed by atoms with Gasteiger partial charge in [-0.1, -0.05) is 0 Å². The molecule has 1 unspecified atom stereocenters. The number of hydrogen-bond acceptors (Lipinski definition) is 5. The summed E-state index contributed by atoms with van der Waals surface area (Å²) in [6.45, 7) is -0.0171. The van der Waals surface area contributed by atoms with Crippen LogP contribution in [0.25, 0.3) is 0 Å². The zero-order chi connectivity index (χ0) is 8.43. The number of ether oxygens (including phenoxy) is 2. The zero-order valence-electron chi connectivity index (χ0n) is 6.17. The van der Waals surface area contributed by atoms with E-state index >= 15 is 0 Å². The number of aliphatic hydroxyl groups is 3. The van der Waals surface area contributed by atoms with Gasteiger partial charge >= 0.3 is 0 Å². The molecule has 1 aliphatic rings. The first-order valence-corrected chi connectivity index (χ1v) is 3.35. The average Bonchev–Trinajstić information content (AvgIpc) is 1.99. The van der Waals surface area contributed by atoms with Crippen LogP contribution in [-0.2, 0) is 9.47 Å². The first-order valence-electron chi connectivity index (χ1n) is 3.35. The smallest absolute Gasteiger partial charge is 0.183 e. The number of methoxy groups -OCH3 is 1. The van der Waals surface area contributed by atoms with E-state index in [1.54, 1.807) is 0 Å². The lowest BCUT2D eigenvalue weighted by atomic mass is 10.1. The highest BCUT2D eigenvalue weighted by molar-refractivity contribution is 4.82. The van der Waals surface area contributed by atoms with Crippen LogP contribution in [0.5, 0.6) is 0 Å². The van der Waals surface area contributed by atoms with Crippen LogP contribution in [0.2, 0.25) is 0 Å². The largest absolute Gasteiger partial charge is 0.388 e. The predicted molar refractivity (Wildman–Crippen MR) is 34.8 cm³/mol. The topological polar surface area (TPSA) is 79.2 Å². The fourth-order valence-electron chi connectivity index (χ4n) is 1.08. The van der Waals surface area contributed by atoms with Crippen LogP contribution in [0.3, 0.4) is 0 Å². The number of aliphatic hydroxyl groups excluding tert-OH is 3. The summed E-state index contributed by atoms with van der Waals surface area (Å²) in [4.78, 5) is 0. The van der Waals surface area contributed by atoms with Gasteiger partial charge in [-0.15, -0.1) is 0 Å². The molecule has 66 valence electrons. The molecule has 5 nitrogen and oxygen atoms in total. The van der Waals surface area contributed by atoms with Gasteiger partial charge in [-0.05, 0) is 0 Å². The quantitative estimate of drug-likeness (QED) is 0.420. The standard InChI is InChI=1S/C6H12O5/c1-10-5-3(7)2-11-6(9)4(5)8/h3-9H,2H2,1H3/t3-,4-,5+,6?/m1/s1. The molecule has 1 aliphatic heterocycles. The number of hydrogen-bond donors (Lipinski definition) is 3. The Labute approximate surface area is 64.2 Å². The third-order valence-electron chi connectivity index (χ3n) is 1.72. The van der Waals surface area contributed by atoms with E-state index in [1.165, 1.54) is 7.11 Å². The van der Waals surface area contributed by atoms with E-state index in [2.05, 4.69) is 4.74 Å². The predicted octanol–water partition coefficient (Wildman–Crippen LogP) is -1.93. The molecule has 1 heterocycles. The normalized spacial score (nSPS) is 45.8. The first-order chi connectivity index (χ1) is 5.16. The molecule has 0 aromatic heterocycles. The fourth-order valence-corrected chi connectivity index (χ4v) is 1.08. The second-order valence-electron chi connectivity index (χ2n) is 2.48. The van der Waals surface area contributed by atoms with Crippen LogP contribution < -0.4 is 0 Å². The minimum atomic E-state index is -1.26. The van der Waals surface area contributed by atoms with Crippen molar-refractivity contribution in [3.63, 3.8) is 0 Å². The van der Waals surface area contributed by atoms with Gasteiger partial charge in [-0.2, -0.15) is 0 Å². The van der Waals surface area contributed by atoms with Gasteiger partial charge in [0.1, 0.15) is 18.3 Å². The van der Waals surface area contributed by atoms with Crippen molar-refractivity contribution < 1.29 is 24.8 Å². The monoisotopic (exact) mass is 164 g/mol. The first kappa shape index (κ1) is 8.89. The van der Waals surface area contributed by atoms with Crippen LogP contribution in [0.4, 0.5) is 0 Å². The molecule has 1 saturated heterocycles. The third-order valence-corrected chi connectivity index (χ3v) is 1.72. The van der Waals surface area contributed by atoms with Crippen molar-refractivity contribution in [3.8, 4) is 0 Å². The minimum Gasteiger partial charge on any atom is -0.388 e. The van der Waals surface area contributed by atoms with E-state index < -0.39 is 24.6 Å². The van der Waals surface area contributed by atoms with Crippen LogP contribution >= 0.6 is 0 Å². The van der Waals surface area contributed by atoms with Gasteiger partial charge in [0.25, 0.3) is 0 Å². The Kier molecular flexibility index (Phi) is 2.80. The van der Waals surface area contributed by atoms with Gasteiger partial charge in [-0.3, -0.25) is 0 Å². The van der Waals surface area contributed by atoms with Crippen molar-refractivity contribution in [2.75, 3.05) is 13.7 Å². The minimum absolute atomic E-state index is 0.0171. The molecule has 4 atom stereocenters. The third kappa shape index (κ3) is 1.69. The molecule has 0 spiro atoms. The van der Waals surface area contributed by atoms with Crippen molar-refractivity contribution in [1.29, 1.82) is 0 Å². The van der Waals surface area contributed by atoms with E-state index in [-0.39, 0.29) is 6.61 Å². The summed E-state index contributed by atoms with van der Waals surface area (Å²) in [5.41, 5.74) is 0. The van der Waals surface area contributed by atoms with Gasteiger partial charge < -0.3 is 24.8 Å². The summed E-state index contributed by atoms with van der Waals surface area (Å²) < 4.78 is 9.36. The molecular formula is C6H12O5. The van der Waals surface area contributed by atoms with E-state index in [0.717, 1.165) is 0 Å². The van der Waals surface area contributed by atoms with Crippen molar-refractivity contribution in [3.05, 3.63) is 0 Å². The van der Waals surface area contributed by atoms with Gasteiger partial charge in [0.15, 0.2) is 6.29 Å². The van der Waals surface area contributed by atoms with Crippen molar-refractivity contribution in [2.45, 2.75) is 24.6 Å². The molecule has 0 aromatic rings. The van der Waals surface area contributed by atoms with Gasteiger partial charge in [-0.25, -0.2) is 0 Å². The molecule has 3 N–H and O–H groups in total. The van der Waals surface area contributed by atoms with E-state index in [0.29, 0.717) is 0 Å². The molecular weight excluding hydrogens is 152 g/mol.